The van der Waals surface area contributed by atoms with Crippen molar-refractivity contribution in [3.05, 3.63) is 83.7 Å². The minimum absolute atomic E-state index is 0. The lowest BCUT2D eigenvalue weighted by atomic mass is 10.0. The van der Waals surface area contributed by atoms with E-state index in [1.165, 1.54) is 5.56 Å². The van der Waals surface area contributed by atoms with Gasteiger partial charge in [0, 0.05) is 24.5 Å². The molecule has 0 saturated heterocycles. The first-order valence-electron chi connectivity index (χ1n) is 11.3. The minimum Gasteiger partial charge on any atom is -0.492 e. The standard InChI is InChI=1S/C27H32N2O4.2ClH/c1-19(2)18-33-26-15-22(11-12-24(26)27(31)32)21-9-7-20(8-10-21)5-3-13-29-17-25(30)23-6-4-14-28-16-23;;/h4,6-12,14-16,19,25,29-30H,3,5,13,17-18H2,1-2H3,(H,31,32);2*1H/t25-;;/m1../s1. The van der Waals surface area contributed by atoms with Crippen molar-refractivity contribution in [1.29, 1.82) is 0 Å². The third-order valence-electron chi connectivity index (χ3n) is 5.30. The van der Waals surface area contributed by atoms with E-state index in [2.05, 4.69) is 34.6 Å². The van der Waals surface area contributed by atoms with Gasteiger partial charge in [-0.05, 0) is 60.2 Å². The van der Waals surface area contributed by atoms with Gasteiger partial charge in [-0.25, -0.2) is 4.79 Å². The maximum Gasteiger partial charge on any atom is 0.339 e. The first-order chi connectivity index (χ1) is 15.9. The number of nitrogens with zero attached hydrogens (tertiary/aromatic N) is 1. The fraction of sp³-hybridized carbons (Fsp3) is 0.333. The van der Waals surface area contributed by atoms with E-state index in [1.807, 2.05) is 32.0 Å². The van der Waals surface area contributed by atoms with Crippen molar-refractivity contribution in [3.63, 3.8) is 0 Å². The van der Waals surface area contributed by atoms with E-state index in [1.54, 1.807) is 24.5 Å². The lowest BCUT2D eigenvalue weighted by molar-refractivity contribution is 0.0691. The predicted octanol–water partition coefficient (Wildman–Crippen LogP) is 5.58. The molecule has 3 aromatic rings. The minimum atomic E-state index is -0.989. The number of hydrogen-bond donors (Lipinski definition) is 3. The quantitative estimate of drug-likeness (QED) is 0.270. The van der Waals surface area contributed by atoms with Crippen LogP contribution in [0.25, 0.3) is 11.1 Å². The Morgan fingerprint density at radius 3 is 2.40 bits per heavy atom. The topological polar surface area (TPSA) is 91.7 Å². The highest BCUT2D eigenvalue weighted by Gasteiger charge is 2.13. The normalized spacial score (nSPS) is 11.3. The lowest BCUT2D eigenvalue weighted by Crippen LogP contribution is -2.22. The molecular formula is C27H34Cl2N2O4. The number of benzene rings is 2. The van der Waals surface area contributed by atoms with Crippen molar-refractivity contribution in [3.8, 4) is 16.9 Å². The fourth-order valence-corrected chi connectivity index (χ4v) is 3.47. The summed E-state index contributed by atoms with van der Waals surface area (Å²) < 4.78 is 5.76. The van der Waals surface area contributed by atoms with Crippen LogP contribution < -0.4 is 10.1 Å². The molecule has 1 heterocycles. The molecule has 0 bridgehead atoms. The Kier molecular flexibility index (Phi) is 13.3. The Bertz CT molecular complexity index is 1030. The molecule has 0 spiro atoms. The molecule has 8 heteroatoms. The Morgan fingerprint density at radius 2 is 1.77 bits per heavy atom. The van der Waals surface area contributed by atoms with E-state index in [0.29, 0.717) is 24.8 Å². The molecule has 6 nitrogen and oxygen atoms in total. The smallest absolute Gasteiger partial charge is 0.339 e. The Labute approximate surface area is 219 Å². The number of ether oxygens (including phenoxy) is 1. The molecule has 0 aliphatic carbocycles. The van der Waals surface area contributed by atoms with Crippen LogP contribution in [-0.2, 0) is 6.42 Å². The number of carbonyl (C=O) groups is 1. The molecule has 0 fully saturated rings. The van der Waals surface area contributed by atoms with Gasteiger partial charge in [-0.2, -0.15) is 0 Å². The molecule has 3 N–H and O–H groups in total. The monoisotopic (exact) mass is 520 g/mol. The van der Waals surface area contributed by atoms with Crippen LogP contribution >= 0.6 is 24.8 Å². The number of carboxylic acids is 1. The van der Waals surface area contributed by atoms with Gasteiger partial charge in [-0.1, -0.05) is 50.2 Å². The zero-order chi connectivity index (χ0) is 23.6. The maximum atomic E-state index is 11.5. The molecule has 190 valence electrons. The number of halogens is 2. The molecule has 0 unspecified atom stereocenters. The summed E-state index contributed by atoms with van der Waals surface area (Å²) in [5, 5.41) is 22.9. The van der Waals surface area contributed by atoms with E-state index in [0.717, 1.165) is 36.1 Å². The molecule has 0 saturated carbocycles. The van der Waals surface area contributed by atoms with E-state index in [9.17, 15) is 15.0 Å². The molecule has 0 aliphatic rings. The summed E-state index contributed by atoms with van der Waals surface area (Å²) in [6.45, 7) is 5.84. The Hall–Kier alpha value is -2.64. The predicted molar refractivity (Wildman–Crippen MR) is 144 cm³/mol. The first-order valence-corrected chi connectivity index (χ1v) is 11.3. The number of pyridine rings is 1. The van der Waals surface area contributed by atoms with Gasteiger partial charge in [0.1, 0.15) is 11.3 Å². The third kappa shape index (κ3) is 9.49. The van der Waals surface area contributed by atoms with Crippen LogP contribution in [0.15, 0.2) is 67.0 Å². The van der Waals surface area contributed by atoms with Crippen molar-refractivity contribution in [2.75, 3.05) is 19.7 Å². The molecular weight excluding hydrogens is 487 g/mol. The number of rotatable bonds is 12. The van der Waals surface area contributed by atoms with Crippen LogP contribution in [-0.4, -0.2) is 40.9 Å². The van der Waals surface area contributed by atoms with Gasteiger partial charge >= 0.3 is 5.97 Å². The average Bonchev–Trinajstić information content (AvgIpc) is 2.83. The molecule has 1 aromatic heterocycles. The number of aromatic carboxylic acids is 1. The molecule has 35 heavy (non-hydrogen) atoms. The number of aliphatic hydroxyl groups excluding tert-OH is 1. The van der Waals surface area contributed by atoms with Crippen LogP contribution in [0.2, 0.25) is 0 Å². The molecule has 1 atom stereocenters. The zero-order valence-electron chi connectivity index (χ0n) is 20.0. The highest BCUT2D eigenvalue weighted by atomic mass is 35.5. The van der Waals surface area contributed by atoms with E-state index in [-0.39, 0.29) is 30.4 Å². The van der Waals surface area contributed by atoms with E-state index < -0.39 is 12.1 Å². The summed E-state index contributed by atoms with van der Waals surface area (Å²) in [5.74, 6) is -0.280. The van der Waals surface area contributed by atoms with Crippen LogP contribution in [0.1, 0.15) is 47.9 Å². The summed E-state index contributed by atoms with van der Waals surface area (Å²) in [6.07, 6.45) is 4.71. The molecule has 2 aromatic carbocycles. The van der Waals surface area contributed by atoms with Gasteiger partial charge < -0.3 is 20.3 Å². The van der Waals surface area contributed by atoms with Gasteiger partial charge in [0.15, 0.2) is 0 Å². The fourth-order valence-electron chi connectivity index (χ4n) is 3.47. The first kappa shape index (κ1) is 30.4. The SMILES string of the molecule is CC(C)COc1cc(-c2ccc(CCCNC[C@@H](O)c3cccnc3)cc2)ccc1C(=O)O.Cl.Cl. The van der Waals surface area contributed by atoms with E-state index >= 15 is 0 Å². The van der Waals surface area contributed by atoms with E-state index in [4.69, 9.17) is 4.74 Å². The van der Waals surface area contributed by atoms with Gasteiger partial charge in [0.2, 0.25) is 0 Å². The van der Waals surface area contributed by atoms with Gasteiger partial charge in [-0.3, -0.25) is 4.98 Å². The van der Waals surface area contributed by atoms with Crippen molar-refractivity contribution in [1.82, 2.24) is 10.3 Å². The number of nitrogens with one attached hydrogen (secondary N) is 1. The van der Waals surface area contributed by atoms with Crippen LogP contribution in [0.3, 0.4) is 0 Å². The Balaban J connectivity index is 0.00000306. The highest BCUT2D eigenvalue weighted by Crippen LogP contribution is 2.28. The number of hydrogen-bond acceptors (Lipinski definition) is 5. The summed E-state index contributed by atoms with van der Waals surface area (Å²) in [5.41, 5.74) is 4.16. The van der Waals surface area contributed by atoms with Gasteiger partial charge in [0.25, 0.3) is 0 Å². The molecule has 3 rings (SSSR count). The van der Waals surface area contributed by atoms with Gasteiger partial charge in [-0.15, -0.1) is 24.8 Å². The molecule has 0 aliphatic heterocycles. The average molecular weight is 521 g/mol. The zero-order valence-corrected chi connectivity index (χ0v) is 21.6. The second-order valence-corrected chi connectivity index (χ2v) is 8.53. The highest BCUT2D eigenvalue weighted by molar-refractivity contribution is 5.92. The number of aliphatic hydroxyl groups is 1. The number of carboxylic acid groups (broad SMARTS) is 1. The third-order valence-corrected chi connectivity index (χ3v) is 5.30. The summed E-state index contributed by atoms with van der Waals surface area (Å²) in [4.78, 5) is 15.5. The van der Waals surface area contributed by atoms with Crippen LogP contribution in [0, 0.1) is 5.92 Å². The van der Waals surface area contributed by atoms with Crippen molar-refractivity contribution < 1.29 is 19.7 Å². The van der Waals surface area contributed by atoms with Crippen molar-refractivity contribution in [2.45, 2.75) is 32.8 Å². The lowest BCUT2D eigenvalue weighted by Gasteiger charge is -2.13. The second-order valence-electron chi connectivity index (χ2n) is 8.53. The summed E-state index contributed by atoms with van der Waals surface area (Å²) >= 11 is 0. The number of aryl methyl sites for hydroxylation is 1. The molecule has 0 radical (unpaired) electrons. The maximum absolute atomic E-state index is 11.5. The largest absolute Gasteiger partial charge is 0.492 e. The summed E-state index contributed by atoms with van der Waals surface area (Å²) in [7, 11) is 0. The second kappa shape index (κ2) is 15.4. The van der Waals surface area contributed by atoms with Crippen LogP contribution in [0.5, 0.6) is 5.75 Å². The molecule has 0 amide bonds. The summed E-state index contributed by atoms with van der Waals surface area (Å²) in [6, 6.07) is 17.2. The van der Waals surface area contributed by atoms with Gasteiger partial charge in [0.05, 0.1) is 12.7 Å². The van der Waals surface area contributed by atoms with Crippen molar-refractivity contribution >= 4 is 30.8 Å². The van der Waals surface area contributed by atoms with Crippen molar-refractivity contribution in [2.24, 2.45) is 5.92 Å². The Morgan fingerprint density at radius 1 is 1.06 bits per heavy atom. The van der Waals surface area contributed by atoms with Crippen LogP contribution in [0.4, 0.5) is 0 Å². The number of aromatic nitrogens is 1.